The minimum atomic E-state index is -1.92. The van der Waals surface area contributed by atoms with Gasteiger partial charge in [-0.2, -0.15) is 0 Å². The molecular formula is C15H32Cl2Si. The van der Waals surface area contributed by atoms with Crippen LogP contribution >= 0.6 is 22.2 Å². The van der Waals surface area contributed by atoms with Crippen molar-refractivity contribution in [3.05, 3.63) is 0 Å². The summed E-state index contributed by atoms with van der Waals surface area (Å²) in [6.45, 7) is 4.83. The van der Waals surface area contributed by atoms with Crippen molar-refractivity contribution in [2.24, 2.45) is 5.92 Å². The van der Waals surface area contributed by atoms with E-state index in [1.54, 1.807) is 0 Å². The molecule has 18 heavy (non-hydrogen) atoms. The summed E-state index contributed by atoms with van der Waals surface area (Å²) in [5, 5.41) is 0. The minimum Gasteiger partial charge on any atom is -0.146 e. The van der Waals surface area contributed by atoms with E-state index < -0.39 is 6.69 Å². The van der Waals surface area contributed by atoms with Gasteiger partial charge in [0.2, 0.25) is 0 Å². The fraction of sp³-hybridized carbons (Fsp3) is 1.00. The van der Waals surface area contributed by atoms with E-state index in [9.17, 15) is 0 Å². The highest BCUT2D eigenvalue weighted by Gasteiger charge is 2.29. The number of hydrogen-bond acceptors (Lipinski definition) is 0. The molecule has 0 aliphatic carbocycles. The zero-order valence-corrected chi connectivity index (χ0v) is 15.1. The average molecular weight is 311 g/mol. The van der Waals surface area contributed by atoms with Crippen LogP contribution in [-0.4, -0.2) is 6.69 Å². The monoisotopic (exact) mass is 310 g/mol. The molecule has 0 spiro atoms. The van der Waals surface area contributed by atoms with Gasteiger partial charge in [-0.1, -0.05) is 78.6 Å². The van der Waals surface area contributed by atoms with Gasteiger partial charge in [0.05, 0.1) is 0 Å². The molecule has 110 valence electrons. The van der Waals surface area contributed by atoms with Gasteiger partial charge in [0.15, 0.2) is 0 Å². The second-order valence-corrected chi connectivity index (χ2v) is 13.3. The zero-order chi connectivity index (χ0) is 13.9. The summed E-state index contributed by atoms with van der Waals surface area (Å²) in [6.07, 6.45) is 12.1. The third kappa shape index (κ3) is 11.9. The van der Waals surface area contributed by atoms with Crippen LogP contribution in [0, 0.1) is 5.92 Å². The van der Waals surface area contributed by atoms with Crippen molar-refractivity contribution in [1.82, 2.24) is 0 Å². The molecule has 0 aliphatic rings. The standard InChI is InChI=1S/C15H32Cl2Si/c1-4-6-7-8-9-10-11-12-13-18(16,17)14-15(3)5-2/h15H,4-14H2,1-3H3/t15-/m0/s1. The second-order valence-electron chi connectivity index (χ2n) is 5.80. The molecule has 0 aromatic carbocycles. The van der Waals surface area contributed by atoms with Crippen LogP contribution in [0.4, 0.5) is 0 Å². The van der Waals surface area contributed by atoms with E-state index in [4.69, 9.17) is 22.2 Å². The normalized spacial score (nSPS) is 13.8. The summed E-state index contributed by atoms with van der Waals surface area (Å²) in [4.78, 5) is 0. The molecule has 0 N–H and O–H groups in total. The summed E-state index contributed by atoms with van der Waals surface area (Å²) in [5.41, 5.74) is 0. The maximum atomic E-state index is 6.50. The van der Waals surface area contributed by atoms with E-state index in [1.807, 2.05) is 0 Å². The molecule has 0 nitrogen and oxygen atoms in total. The molecular weight excluding hydrogens is 279 g/mol. The van der Waals surface area contributed by atoms with Crippen molar-refractivity contribution in [1.29, 1.82) is 0 Å². The van der Waals surface area contributed by atoms with Crippen molar-refractivity contribution in [3.63, 3.8) is 0 Å². The predicted molar refractivity (Wildman–Crippen MR) is 89.1 cm³/mol. The van der Waals surface area contributed by atoms with Gasteiger partial charge >= 0.3 is 0 Å². The first-order valence-electron chi connectivity index (χ1n) is 7.89. The van der Waals surface area contributed by atoms with Crippen LogP contribution in [0.5, 0.6) is 0 Å². The molecule has 0 aliphatic heterocycles. The van der Waals surface area contributed by atoms with Crippen LogP contribution < -0.4 is 0 Å². The van der Waals surface area contributed by atoms with Crippen LogP contribution in [0.25, 0.3) is 0 Å². The van der Waals surface area contributed by atoms with Crippen molar-refractivity contribution in [2.75, 3.05) is 0 Å². The van der Waals surface area contributed by atoms with E-state index in [2.05, 4.69) is 20.8 Å². The van der Waals surface area contributed by atoms with E-state index in [0.29, 0.717) is 5.92 Å². The van der Waals surface area contributed by atoms with Gasteiger partial charge in [-0.05, 0) is 18.0 Å². The Morgan fingerprint density at radius 1 is 0.833 bits per heavy atom. The van der Waals surface area contributed by atoms with Crippen molar-refractivity contribution in [2.45, 2.75) is 90.6 Å². The van der Waals surface area contributed by atoms with Gasteiger partial charge in [0.25, 0.3) is 6.69 Å². The smallest absolute Gasteiger partial charge is 0.146 e. The maximum Gasteiger partial charge on any atom is 0.251 e. The Labute approximate surface area is 125 Å². The van der Waals surface area contributed by atoms with Crippen LogP contribution in [0.2, 0.25) is 12.1 Å². The highest BCUT2D eigenvalue weighted by atomic mass is 35.7. The Kier molecular flexibility index (Phi) is 12.1. The molecule has 0 saturated heterocycles. The minimum absolute atomic E-state index is 0.695. The summed E-state index contributed by atoms with van der Waals surface area (Å²) >= 11 is 13.0. The molecule has 0 unspecified atom stereocenters. The summed E-state index contributed by atoms with van der Waals surface area (Å²) in [6, 6.07) is 2.17. The average Bonchev–Trinajstić information content (AvgIpc) is 2.31. The Bertz CT molecular complexity index is 183. The number of hydrogen-bond donors (Lipinski definition) is 0. The Morgan fingerprint density at radius 2 is 1.33 bits per heavy atom. The van der Waals surface area contributed by atoms with Gasteiger partial charge in [0, 0.05) is 0 Å². The fourth-order valence-electron chi connectivity index (χ4n) is 2.27. The Morgan fingerprint density at radius 3 is 1.83 bits per heavy atom. The number of rotatable bonds is 12. The first-order valence-corrected chi connectivity index (χ1v) is 12.3. The van der Waals surface area contributed by atoms with Crippen LogP contribution in [0.3, 0.4) is 0 Å². The zero-order valence-electron chi connectivity index (χ0n) is 12.6. The lowest BCUT2D eigenvalue weighted by molar-refractivity contribution is 0.582. The van der Waals surface area contributed by atoms with Crippen LogP contribution in [0.15, 0.2) is 0 Å². The van der Waals surface area contributed by atoms with Crippen LogP contribution in [-0.2, 0) is 0 Å². The fourth-order valence-corrected chi connectivity index (χ4v) is 6.94. The lowest BCUT2D eigenvalue weighted by atomic mass is 10.1. The molecule has 0 amide bonds. The first-order chi connectivity index (χ1) is 8.52. The lowest BCUT2D eigenvalue weighted by Crippen LogP contribution is -2.21. The summed E-state index contributed by atoms with van der Waals surface area (Å²) < 4.78 is 0. The molecule has 0 heterocycles. The number of halogens is 2. The van der Waals surface area contributed by atoms with Gasteiger partial charge in [-0.25, -0.2) is 0 Å². The van der Waals surface area contributed by atoms with Gasteiger partial charge < -0.3 is 0 Å². The highest BCUT2D eigenvalue weighted by molar-refractivity contribution is 7.45. The first kappa shape index (κ1) is 18.8. The molecule has 0 rings (SSSR count). The third-order valence-electron chi connectivity index (χ3n) is 3.74. The molecule has 1 atom stereocenters. The summed E-state index contributed by atoms with van der Waals surface area (Å²) in [5.74, 6) is 0.695. The van der Waals surface area contributed by atoms with E-state index >= 15 is 0 Å². The molecule has 3 heteroatoms. The topological polar surface area (TPSA) is 0 Å². The van der Waals surface area contributed by atoms with E-state index in [1.165, 1.54) is 57.8 Å². The summed E-state index contributed by atoms with van der Waals surface area (Å²) in [7, 11) is 0. The van der Waals surface area contributed by atoms with E-state index in [-0.39, 0.29) is 0 Å². The third-order valence-corrected chi connectivity index (χ3v) is 8.18. The van der Waals surface area contributed by atoms with Crippen molar-refractivity contribution in [3.8, 4) is 0 Å². The molecule has 0 bridgehead atoms. The molecule has 0 fully saturated rings. The van der Waals surface area contributed by atoms with Crippen molar-refractivity contribution < 1.29 is 0 Å². The molecule has 0 radical (unpaired) electrons. The predicted octanol–water partition coefficient (Wildman–Crippen LogP) is 7.09. The molecule has 0 saturated carbocycles. The van der Waals surface area contributed by atoms with Gasteiger partial charge in [-0.15, -0.1) is 22.2 Å². The maximum absolute atomic E-state index is 6.50. The van der Waals surface area contributed by atoms with E-state index in [0.717, 1.165) is 12.1 Å². The van der Waals surface area contributed by atoms with Gasteiger partial charge in [-0.3, -0.25) is 0 Å². The number of unbranched alkanes of at least 4 members (excludes halogenated alkanes) is 7. The lowest BCUT2D eigenvalue weighted by Gasteiger charge is -2.20. The largest absolute Gasteiger partial charge is 0.251 e. The molecule has 0 aromatic heterocycles. The van der Waals surface area contributed by atoms with Crippen LogP contribution in [0.1, 0.15) is 78.6 Å². The SMILES string of the molecule is CCCCCCCCCC[Si](Cl)(Cl)C[C@@H](C)CC. The quantitative estimate of drug-likeness (QED) is 0.205. The highest BCUT2D eigenvalue weighted by Crippen LogP contribution is 2.32. The molecule has 0 aromatic rings. The van der Waals surface area contributed by atoms with Gasteiger partial charge in [0.1, 0.15) is 0 Å². The van der Waals surface area contributed by atoms with Crippen molar-refractivity contribution >= 4 is 28.9 Å². The second kappa shape index (κ2) is 11.6. The Balaban J connectivity index is 3.41. The Hall–Kier alpha value is 0.797.